The van der Waals surface area contributed by atoms with Gasteiger partial charge >= 0.3 is 12.6 Å². The molecule has 1 aromatic carbocycles. The van der Waals surface area contributed by atoms with Crippen molar-refractivity contribution in [2.45, 2.75) is 38.8 Å². The molecule has 24 heavy (non-hydrogen) atoms. The number of hydrogen-bond acceptors (Lipinski definition) is 4. The van der Waals surface area contributed by atoms with Crippen molar-refractivity contribution in [2.24, 2.45) is 0 Å². The van der Waals surface area contributed by atoms with E-state index in [1.165, 1.54) is 18.1 Å². The highest BCUT2D eigenvalue weighted by Gasteiger charge is 2.36. The molecular formula is C16H20F2N2O4. The molecule has 0 unspecified atom stereocenters. The molecule has 132 valence electrons. The van der Waals surface area contributed by atoms with Gasteiger partial charge in [0, 0.05) is 6.54 Å². The van der Waals surface area contributed by atoms with Crippen molar-refractivity contribution in [3.63, 3.8) is 0 Å². The molecule has 8 heteroatoms. The highest BCUT2D eigenvalue weighted by atomic mass is 19.3. The molecule has 1 atom stereocenters. The largest absolute Gasteiger partial charge is 0.493 e. The van der Waals surface area contributed by atoms with Gasteiger partial charge in [0.15, 0.2) is 11.5 Å². The Bertz CT molecular complexity index is 610. The van der Waals surface area contributed by atoms with Gasteiger partial charge < -0.3 is 14.8 Å². The van der Waals surface area contributed by atoms with Gasteiger partial charge in [-0.15, -0.1) is 0 Å². The average molecular weight is 342 g/mol. The highest BCUT2D eigenvalue weighted by Crippen LogP contribution is 2.29. The summed E-state index contributed by atoms with van der Waals surface area (Å²) in [6, 6.07) is 3.68. The summed E-state index contributed by atoms with van der Waals surface area (Å²) in [6.45, 7) is -0.785. The smallest absolute Gasteiger partial charge is 0.387 e. The molecule has 0 saturated carbocycles. The number of methoxy groups -OCH3 is 1. The summed E-state index contributed by atoms with van der Waals surface area (Å²) in [5, 5.41) is 2.65. The second kappa shape index (κ2) is 7.94. The minimum atomic E-state index is -2.94. The van der Waals surface area contributed by atoms with Crippen LogP contribution in [-0.4, -0.2) is 43.1 Å². The lowest BCUT2D eigenvalue weighted by Crippen LogP contribution is -2.33. The summed E-state index contributed by atoms with van der Waals surface area (Å²) in [5.41, 5.74) is 0.744. The summed E-state index contributed by atoms with van der Waals surface area (Å²) < 4.78 is 34.0. The number of hydrogen-bond donors (Lipinski definition) is 1. The van der Waals surface area contributed by atoms with Crippen molar-refractivity contribution in [2.75, 3.05) is 13.7 Å². The van der Waals surface area contributed by atoms with Gasteiger partial charge in [-0.1, -0.05) is 19.4 Å². The Morgan fingerprint density at radius 2 is 2.04 bits per heavy atom. The number of ether oxygens (including phenoxy) is 2. The lowest BCUT2D eigenvalue weighted by molar-refractivity contribution is -0.127. The minimum absolute atomic E-state index is 0.0609. The third-order valence-corrected chi connectivity index (χ3v) is 3.75. The van der Waals surface area contributed by atoms with E-state index in [2.05, 4.69) is 10.1 Å². The highest BCUT2D eigenvalue weighted by molar-refractivity contribution is 6.04. The predicted octanol–water partition coefficient (Wildman–Crippen LogP) is 2.56. The van der Waals surface area contributed by atoms with Crippen molar-refractivity contribution in [1.82, 2.24) is 10.2 Å². The number of nitrogens with one attached hydrogen (secondary N) is 1. The summed E-state index contributed by atoms with van der Waals surface area (Å²) in [7, 11) is 1.35. The molecule has 1 aliphatic rings. The third-order valence-electron chi connectivity index (χ3n) is 3.75. The zero-order valence-electron chi connectivity index (χ0n) is 13.6. The van der Waals surface area contributed by atoms with E-state index in [9.17, 15) is 18.4 Å². The second-order valence-electron chi connectivity index (χ2n) is 5.39. The van der Waals surface area contributed by atoms with Gasteiger partial charge in [-0.2, -0.15) is 8.78 Å². The summed E-state index contributed by atoms with van der Waals surface area (Å²) in [5.74, 6) is -0.116. The van der Waals surface area contributed by atoms with Crippen LogP contribution in [0.25, 0.3) is 0 Å². The number of amides is 3. The molecular weight excluding hydrogens is 322 g/mol. The Hall–Kier alpha value is -2.38. The first-order chi connectivity index (χ1) is 11.5. The van der Waals surface area contributed by atoms with Gasteiger partial charge in [0.25, 0.3) is 5.91 Å². The number of carbonyl (C=O) groups excluding carboxylic acids is 2. The van der Waals surface area contributed by atoms with Gasteiger partial charge in [-0.05, 0) is 30.5 Å². The quantitative estimate of drug-likeness (QED) is 0.737. The second-order valence-corrected chi connectivity index (χ2v) is 5.39. The number of nitrogens with zero attached hydrogens (tertiary/aromatic N) is 1. The third kappa shape index (κ3) is 4.12. The van der Waals surface area contributed by atoms with Crippen molar-refractivity contribution in [1.29, 1.82) is 0 Å². The molecule has 1 aromatic rings. The summed E-state index contributed by atoms with van der Waals surface area (Å²) >= 11 is 0. The Labute approximate surface area is 138 Å². The first kappa shape index (κ1) is 18.0. The molecule has 1 aliphatic heterocycles. The van der Waals surface area contributed by atoms with Crippen LogP contribution in [0.3, 0.4) is 0 Å². The topological polar surface area (TPSA) is 67.9 Å². The van der Waals surface area contributed by atoms with Gasteiger partial charge in [0.2, 0.25) is 0 Å². The Kier molecular flexibility index (Phi) is 5.94. The minimum Gasteiger partial charge on any atom is -0.493 e. The fourth-order valence-corrected chi connectivity index (χ4v) is 2.57. The number of rotatable bonds is 8. The number of carbonyl (C=O) groups is 2. The maximum atomic E-state index is 12.3. The van der Waals surface area contributed by atoms with E-state index >= 15 is 0 Å². The van der Waals surface area contributed by atoms with Crippen LogP contribution in [0.2, 0.25) is 0 Å². The first-order valence-electron chi connectivity index (χ1n) is 7.69. The molecule has 1 saturated heterocycles. The van der Waals surface area contributed by atoms with Gasteiger partial charge in [-0.3, -0.25) is 9.69 Å². The Morgan fingerprint density at radius 3 is 2.67 bits per heavy atom. The van der Waals surface area contributed by atoms with E-state index in [0.717, 1.165) is 12.0 Å². The van der Waals surface area contributed by atoms with Crippen LogP contribution in [0.1, 0.15) is 25.3 Å². The average Bonchev–Trinajstić information content (AvgIpc) is 2.80. The molecule has 3 amide bonds. The Balaban J connectivity index is 2.01. The zero-order valence-corrected chi connectivity index (χ0v) is 13.6. The fourth-order valence-electron chi connectivity index (χ4n) is 2.57. The molecule has 1 fully saturated rings. The van der Waals surface area contributed by atoms with E-state index < -0.39 is 18.7 Å². The SMILES string of the molecule is CCC[C@H]1NC(=O)N(CCc2ccc(OC(F)F)c(OC)c2)C1=O. The number of imide groups is 1. The van der Waals surface area contributed by atoms with E-state index in [1.54, 1.807) is 12.1 Å². The molecule has 0 bridgehead atoms. The monoisotopic (exact) mass is 342 g/mol. The predicted molar refractivity (Wildman–Crippen MR) is 82.3 cm³/mol. The van der Waals surface area contributed by atoms with Crippen LogP contribution in [0, 0.1) is 0 Å². The molecule has 0 spiro atoms. The summed E-state index contributed by atoms with van der Waals surface area (Å²) in [6.07, 6.45) is 1.80. The van der Waals surface area contributed by atoms with E-state index in [1.807, 2.05) is 6.92 Å². The molecule has 6 nitrogen and oxygen atoms in total. The Morgan fingerprint density at radius 1 is 1.29 bits per heavy atom. The van der Waals surface area contributed by atoms with E-state index in [0.29, 0.717) is 12.8 Å². The first-order valence-corrected chi connectivity index (χ1v) is 7.69. The van der Waals surface area contributed by atoms with Crippen LogP contribution in [0.15, 0.2) is 18.2 Å². The standard InChI is InChI=1S/C16H20F2N2O4/c1-3-4-11-14(21)20(16(22)19-11)8-7-10-5-6-12(24-15(17)18)13(9-10)23-2/h5-6,9,11,15H,3-4,7-8H2,1-2H3,(H,19,22)/t11-/m1/s1. The zero-order chi connectivity index (χ0) is 17.7. The van der Waals surface area contributed by atoms with Crippen molar-refractivity contribution >= 4 is 11.9 Å². The van der Waals surface area contributed by atoms with Crippen LogP contribution < -0.4 is 14.8 Å². The molecule has 0 radical (unpaired) electrons. The van der Waals surface area contributed by atoms with Crippen LogP contribution in [-0.2, 0) is 11.2 Å². The van der Waals surface area contributed by atoms with Crippen molar-refractivity contribution in [3.8, 4) is 11.5 Å². The van der Waals surface area contributed by atoms with Gasteiger partial charge in [0.05, 0.1) is 7.11 Å². The van der Waals surface area contributed by atoms with Gasteiger partial charge in [-0.25, -0.2) is 4.79 Å². The molecule has 2 rings (SSSR count). The molecule has 0 aromatic heterocycles. The molecule has 0 aliphatic carbocycles. The number of halogens is 2. The molecule has 1 heterocycles. The fraction of sp³-hybridized carbons (Fsp3) is 0.500. The number of benzene rings is 1. The van der Waals surface area contributed by atoms with E-state index in [-0.39, 0.29) is 24.0 Å². The normalized spacial score (nSPS) is 17.4. The van der Waals surface area contributed by atoms with Crippen LogP contribution in [0.4, 0.5) is 13.6 Å². The maximum Gasteiger partial charge on any atom is 0.387 e. The lowest BCUT2D eigenvalue weighted by atomic mass is 10.1. The van der Waals surface area contributed by atoms with Crippen LogP contribution >= 0.6 is 0 Å². The van der Waals surface area contributed by atoms with Crippen LogP contribution in [0.5, 0.6) is 11.5 Å². The maximum absolute atomic E-state index is 12.3. The van der Waals surface area contributed by atoms with Gasteiger partial charge in [0.1, 0.15) is 6.04 Å². The molecule has 1 N–H and O–H groups in total. The van der Waals surface area contributed by atoms with Crippen molar-refractivity contribution in [3.05, 3.63) is 23.8 Å². The number of urea groups is 1. The number of alkyl halides is 2. The van der Waals surface area contributed by atoms with Crippen molar-refractivity contribution < 1.29 is 27.8 Å². The lowest BCUT2D eigenvalue weighted by Gasteiger charge is -2.14. The summed E-state index contributed by atoms with van der Waals surface area (Å²) in [4.78, 5) is 25.2. The van der Waals surface area contributed by atoms with E-state index in [4.69, 9.17) is 4.74 Å².